The molecule has 5 nitrogen and oxygen atoms in total. The first kappa shape index (κ1) is 14.8. The molecule has 0 aliphatic heterocycles. The van der Waals surface area contributed by atoms with E-state index in [9.17, 15) is 5.11 Å². The number of rotatable bonds is 1. The lowest BCUT2D eigenvalue weighted by Crippen LogP contribution is -2.08. The van der Waals surface area contributed by atoms with E-state index >= 15 is 0 Å². The van der Waals surface area contributed by atoms with E-state index in [1.165, 1.54) is 16.9 Å². The van der Waals surface area contributed by atoms with Crippen molar-refractivity contribution in [3.63, 3.8) is 0 Å². The summed E-state index contributed by atoms with van der Waals surface area (Å²) in [5, 5.41) is 15.6. The molecular formula is C19H18N4OS. The molecule has 3 heterocycles. The van der Waals surface area contributed by atoms with E-state index in [0.29, 0.717) is 5.82 Å². The summed E-state index contributed by atoms with van der Waals surface area (Å²) in [6, 6.07) is 7.07. The smallest absolute Gasteiger partial charge is 0.182 e. The Bertz CT molecular complexity index is 1130. The van der Waals surface area contributed by atoms with Crippen LogP contribution in [0.25, 0.3) is 27.3 Å². The van der Waals surface area contributed by atoms with Crippen LogP contribution in [-0.2, 0) is 12.8 Å². The number of nitrogens with zero attached hydrogens (tertiary/aromatic N) is 4. The maximum atomic E-state index is 9.75. The zero-order valence-corrected chi connectivity index (χ0v) is 15.0. The van der Waals surface area contributed by atoms with E-state index in [1.54, 1.807) is 12.1 Å². The van der Waals surface area contributed by atoms with Gasteiger partial charge in [0, 0.05) is 10.4 Å². The van der Waals surface area contributed by atoms with Crippen molar-refractivity contribution in [1.82, 2.24) is 19.6 Å². The number of aromatic hydroxyl groups is 1. The molecule has 0 radical (unpaired) electrons. The minimum atomic E-state index is 0.221. The van der Waals surface area contributed by atoms with Gasteiger partial charge < -0.3 is 5.11 Å². The quantitative estimate of drug-likeness (QED) is 0.560. The summed E-state index contributed by atoms with van der Waals surface area (Å²) in [5.41, 5.74) is 3.10. The van der Waals surface area contributed by atoms with Crippen molar-refractivity contribution in [2.24, 2.45) is 5.92 Å². The minimum Gasteiger partial charge on any atom is -0.508 e. The molecule has 0 fully saturated rings. The highest BCUT2D eigenvalue weighted by molar-refractivity contribution is 7.19. The standard InChI is InChI=1S/C19H18N4OS/c1-10-6-7-14-15(8-10)25-19-16(14)18-21-17(22-23(18)11(2)20-19)12-4-3-5-13(24)9-12/h3-5,9-10,24H,6-8H2,1-2H3/t10-/m1/s1. The van der Waals surface area contributed by atoms with Crippen LogP contribution in [0.5, 0.6) is 5.75 Å². The van der Waals surface area contributed by atoms with Crippen molar-refractivity contribution in [2.75, 3.05) is 0 Å². The molecule has 3 aromatic heterocycles. The van der Waals surface area contributed by atoms with Crippen LogP contribution in [-0.4, -0.2) is 24.7 Å². The average Bonchev–Trinajstić information content (AvgIpc) is 3.15. The van der Waals surface area contributed by atoms with Crippen LogP contribution in [0.3, 0.4) is 0 Å². The average molecular weight is 350 g/mol. The summed E-state index contributed by atoms with van der Waals surface area (Å²) < 4.78 is 1.84. The molecule has 25 heavy (non-hydrogen) atoms. The predicted octanol–water partition coefficient (Wildman–Crippen LogP) is 4.14. The summed E-state index contributed by atoms with van der Waals surface area (Å²) in [5.74, 6) is 2.42. The molecule has 0 spiro atoms. The number of aryl methyl sites for hydroxylation is 2. The highest BCUT2D eigenvalue weighted by atomic mass is 32.1. The third-order valence-corrected chi connectivity index (χ3v) is 6.15. The zero-order chi connectivity index (χ0) is 17.1. The van der Waals surface area contributed by atoms with Gasteiger partial charge in [-0.05, 0) is 49.8 Å². The van der Waals surface area contributed by atoms with Crippen LogP contribution < -0.4 is 0 Å². The number of phenols is 1. The second-order valence-corrected chi connectivity index (χ2v) is 8.00. The van der Waals surface area contributed by atoms with Crippen LogP contribution in [0, 0.1) is 12.8 Å². The van der Waals surface area contributed by atoms with Crippen LogP contribution in [0.15, 0.2) is 24.3 Å². The zero-order valence-electron chi connectivity index (χ0n) is 14.2. The fourth-order valence-corrected chi connectivity index (χ4v) is 5.13. The fourth-order valence-electron chi connectivity index (χ4n) is 3.71. The third kappa shape index (κ3) is 2.24. The Hall–Kier alpha value is -2.47. The first-order valence-electron chi connectivity index (χ1n) is 8.57. The second-order valence-electron chi connectivity index (χ2n) is 6.91. The van der Waals surface area contributed by atoms with Crippen LogP contribution in [0.2, 0.25) is 0 Å². The van der Waals surface area contributed by atoms with Crippen LogP contribution in [0.1, 0.15) is 29.6 Å². The molecule has 6 heteroatoms. The summed E-state index contributed by atoms with van der Waals surface area (Å²) in [7, 11) is 0. The monoisotopic (exact) mass is 350 g/mol. The molecule has 1 aromatic carbocycles. The van der Waals surface area contributed by atoms with Gasteiger partial charge in [0.25, 0.3) is 0 Å². The van der Waals surface area contributed by atoms with Crippen molar-refractivity contribution in [2.45, 2.75) is 33.1 Å². The number of hydrogen-bond acceptors (Lipinski definition) is 5. The van der Waals surface area contributed by atoms with Gasteiger partial charge in [-0.15, -0.1) is 16.4 Å². The molecule has 0 bridgehead atoms. The lowest BCUT2D eigenvalue weighted by Gasteiger charge is -2.17. The van der Waals surface area contributed by atoms with E-state index in [-0.39, 0.29) is 5.75 Å². The van der Waals surface area contributed by atoms with E-state index in [0.717, 1.165) is 46.0 Å². The molecule has 0 saturated carbocycles. The summed E-state index contributed by atoms with van der Waals surface area (Å²) in [6.07, 6.45) is 3.44. The maximum absolute atomic E-state index is 9.75. The number of aromatic nitrogens is 4. The van der Waals surface area contributed by atoms with E-state index in [4.69, 9.17) is 9.97 Å². The number of benzene rings is 1. The van der Waals surface area contributed by atoms with Gasteiger partial charge in [-0.2, -0.15) is 4.52 Å². The first-order chi connectivity index (χ1) is 12.1. The second kappa shape index (κ2) is 5.26. The lowest BCUT2D eigenvalue weighted by atomic mass is 9.89. The molecule has 126 valence electrons. The normalized spacial score (nSPS) is 17.3. The molecule has 0 amide bonds. The van der Waals surface area contributed by atoms with Gasteiger partial charge in [0.2, 0.25) is 0 Å². The largest absolute Gasteiger partial charge is 0.508 e. The summed E-state index contributed by atoms with van der Waals surface area (Å²) >= 11 is 1.81. The molecule has 4 aromatic rings. The fraction of sp³-hybridized carbons (Fsp3) is 0.316. The molecule has 0 unspecified atom stereocenters. The molecule has 5 rings (SSSR count). The van der Waals surface area contributed by atoms with Gasteiger partial charge in [-0.3, -0.25) is 0 Å². The molecule has 1 atom stereocenters. The van der Waals surface area contributed by atoms with Gasteiger partial charge in [0.1, 0.15) is 16.4 Å². The Morgan fingerprint density at radius 3 is 3.00 bits per heavy atom. The van der Waals surface area contributed by atoms with E-state index < -0.39 is 0 Å². The first-order valence-corrected chi connectivity index (χ1v) is 9.39. The Morgan fingerprint density at radius 2 is 2.16 bits per heavy atom. The Morgan fingerprint density at radius 1 is 1.28 bits per heavy atom. The number of fused-ring (bicyclic) bond motifs is 5. The van der Waals surface area contributed by atoms with Gasteiger partial charge in [0.05, 0.1) is 5.39 Å². The maximum Gasteiger partial charge on any atom is 0.182 e. The van der Waals surface area contributed by atoms with Crippen molar-refractivity contribution in [3.05, 3.63) is 40.5 Å². The highest BCUT2D eigenvalue weighted by Gasteiger charge is 2.24. The lowest BCUT2D eigenvalue weighted by molar-refractivity contribution is 0.475. The Balaban J connectivity index is 1.80. The molecule has 1 aliphatic carbocycles. The Labute approximate surface area is 149 Å². The molecular weight excluding hydrogens is 332 g/mol. The Kier molecular flexibility index (Phi) is 3.12. The van der Waals surface area contributed by atoms with Crippen molar-refractivity contribution in [1.29, 1.82) is 0 Å². The van der Waals surface area contributed by atoms with Gasteiger partial charge >= 0.3 is 0 Å². The molecule has 0 saturated heterocycles. The molecule has 1 N–H and O–H groups in total. The SMILES string of the molecule is Cc1nc2sc3c(c2c2nc(-c4cccc(O)c4)nn12)CC[C@@H](C)C3. The number of hydrogen-bond donors (Lipinski definition) is 1. The molecule has 1 aliphatic rings. The number of phenolic OH excluding ortho intramolecular Hbond substituents is 1. The minimum absolute atomic E-state index is 0.221. The predicted molar refractivity (Wildman–Crippen MR) is 99.2 cm³/mol. The summed E-state index contributed by atoms with van der Waals surface area (Å²) in [6.45, 7) is 4.29. The highest BCUT2D eigenvalue weighted by Crippen LogP contribution is 2.39. The van der Waals surface area contributed by atoms with E-state index in [2.05, 4.69) is 12.0 Å². The number of thiophene rings is 1. The van der Waals surface area contributed by atoms with Crippen LogP contribution in [0.4, 0.5) is 0 Å². The topological polar surface area (TPSA) is 63.3 Å². The van der Waals surface area contributed by atoms with Gasteiger partial charge in [0.15, 0.2) is 11.5 Å². The third-order valence-electron chi connectivity index (χ3n) is 5.00. The van der Waals surface area contributed by atoms with Crippen molar-refractivity contribution >= 4 is 27.2 Å². The van der Waals surface area contributed by atoms with E-state index in [1.807, 2.05) is 34.9 Å². The van der Waals surface area contributed by atoms with Gasteiger partial charge in [-0.1, -0.05) is 19.1 Å². The van der Waals surface area contributed by atoms with Crippen molar-refractivity contribution < 1.29 is 5.11 Å². The van der Waals surface area contributed by atoms with Crippen LogP contribution >= 0.6 is 11.3 Å². The van der Waals surface area contributed by atoms with Crippen molar-refractivity contribution in [3.8, 4) is 17.1 Å². The van der Waals surface area contributed by atoms with Gasteiger partial charge in [-0.25, -0.2) is 9.97 Å². The summed E-state index contributed by atoms with van der Waals surface area (Å²) in [4.78, 5) is 12.1.